The number of carbonyl (C=O) groups excluding carboxylic acids is 1. The maximum Gasteiger partial charge on any atom is 0.240 e. The molecule has 0 aliphatic carbocycles. The van der Waals surface area contributed by atoms with Crippen molar-refractivity contribution in [1.29, 1.82) is 0 Å². The van der Waals surface area contributed by atoms with Crippen molar-refractivity contribution in [2.45, 2.75) is 33.1 Å². The van der Waals surface area contributed by atoms with Gasteiger partial charge < -0.3 is 14.2 Å². The van der Waals surface area contributed by atoms with Gasteiger partial charge in [-0.05, 0) is 73.7 Å². The van der Waals surface area contributed by atoms with E-state index in [2.05, 4.69) is 10.5 Å². The van der Waals surface area contributed by atoms with Crippen LogP contribution in [-0.2, 0) is 11.2 Å². The van der Waals surface area contributed by atoms with Crippen molar-refractivity contribution >= 4 is 12.1 Å². The minimum absolute atomic E-state index is 0.111. The molecule has 1 amide bonds. The molecule has 0 radical (unpaired) electrons. The van der Waals surface area contributed by atoms with E-state index in [9.17, 15) is 4.79 Å². The van der Waals surface area contributed by atoms with Gasteiger partial charge in [-0.1, -0.05) is 6.07 Å². The number of nitrogens with one attached hydrogen (secondary N) is 1. The lowest BCUT2D eigenvalue weighted by Crippen LogP contribution is -2.17. The monoisotopic (exact) mass is 384 g/mol. The number of nitrogens with zero attached hydrogens (tertiary/aromatic N) is 1. The number of aryl methyl sites for hydroxylation is 2. The lowest BCUT2D eigenvalue weighted by atomic mass is 10.0. The zero-order valence-corrected chi connectivity index (χ0v) is 17.0. The van der Waals surface area contributed by atoms with E-state index in [0.717, 1.165) is 24.2 Å². The van der Waals surface area contributed by atoms with Crippen LogP contribution in [0.15, 0.2) is 41.5 Å². The minimum Gasteiger partial charge on any atom is -0.497 e. The second-order valence-electron chi connectivity index (χ2n) is 6.28. The van der Waals surface area contributed by atoms with Gasteiger partial charge in [-0.2, -0.15) is 5.10 Å². The fourth-order valence-corrected chi connectivity index (χ4v) is 2.79. The average molecular weight is 384 g/mol. The first kappa shape index (κ1) is 21.3. The summed E-state index contributed by atoms with van der Waals surface area (Å²) >= 11 is 0. The third kappa shape index (κ3) is 6.30. The summed E-state index contributed by atoms with van der Waals surface area (Å²) in [6, 6.07) is 11.5. The highest BCUT2D eigenvalue weighted by atomic mass is 16.5. The Morgan fingerprint density at radius 2 is 1.93 bits per heavy atom. The highest BCUT2D eigenvalue weighted by Gasteiger charge is 2.05. The predicted molar refractivity (Wildman–Crippen MR) is 111 cm³/mol. The summed E-state index contributed by atoms with van der Waals surface area (Å²) in [6.45, 7) is 4.53. The average Bonchev–Trinajstić information content (AvgIpc) is 2.70. The van der Waals surface area contributed by atoms with E-state index < -0.39 is 0 Å². The lowest BCUT2D eigenvalue weighted by Gasteiger charge is -2.09. The number of methoxy groups -OCH3 is 2. The number of carbonyl (C=O) groups is 1. The predicted octanol–water partition coefficient (Wildman–Crippen LogP) is 3.88. The van der Waals surface area contributed by atoms with Gasteiger partial charge in [-0.25, -0.2) is 5.43 Å². The first-order valence-electron chi connectivity index (χ1n) is 9.33. The molecule has 150 valence electrons. The summed E-state index contributed by atoms with van der Waals surface area (Å²) in [6.07, 6.45) is 3.59. The van der Waals surface area contributed by atoms with Crippen molar-refractivity contribution in [3.05, 3.63) is 53.1 Å². The van der Waals surface area contributed by atoms with Gasteiger partial charge >= 0.3 is 0 Å². The van der Waals surface area contributed by atoms with Crippen molar-refractivity contribution in [3.8, 4) is 17.2 Å². The summed E-state index contributed by atoms with van der Waals surface area (Å²) in [5.41, 5.74) is 5.77. The number of hydrazone groups is 1. The Bertz CT molecular complexity index is 818. The maximum atomic E-state index is 12.0. The van der Waals surface area contributed by atoms with Crippen molar-refractivity contribution < 1.29 is 19.0 Å². The number of hydrogen-bond donors (Lipinski definition) is 1. The molecule has 28 heavy (non-hydrogen) atoms. The van der Waals surface area contributed by atoms with Crippen LogP contribution in [-0.4, -0.2) is 32.9 Å². The summed E-state index contributed by atoms with van der Waals surface area (Å²) in [5, 5.41) is 4.02. The van der Waals surface area contributed by atoms with Crippen LogP contribution < -0.4 is 19.6 Å². The number of amides is 1. The van der Waals surface area contributed by atoms with Crippen LogP contribution in [0.3, 0.4) is 0 Å². The molecule has 2 rings (SSSR count). The van der Waals surface area contributed by atoms with Crippen LogP contribution in [0.5, 0.6) is 17.2 Å². The SMILES string of the molecule is CCOc1ccc(/C=N\NC(=O)CCCc2ccc(OC)cc2C)cc1OC. The molecule has 0 bridgehead atoms. The standard InChI is InChI=1S/C22H28N2O4/c1-5-28-20-12-9-17(14-21(20)27-4)15-23-24-22(25)8-6-7-18-10-11-19(26-3)13-16(18)2/h9-15H,5-8H2,1-4H3,(H,24,25)/b23-15-. The van der Waals surface area contributed by atoms with Crippen molar-refractivity contribution in [3.63, 3.8) is 0 Å². The molecule has 1 N–H and O–H groups in total. The first-order chi connectivity index (χ1) is 13.6. The largest absolute Gasteiger partial charge is 0.497 e. The third-order valence-corrected chi connectivity index (χ3v) is 4.29. The highest BCUT2D eigenvalue weighted by Crippen LogP contribution is 2.27. The van der Waals surface area contributed by atoms with Crippen molar-refractivity contribution in [2.75, 3.05) is 20.8 Å². The van der Waals surface area contributed by atoms with Gasteiger partial charge in [-0.3, -0.25) is 4.79 Å². The van der Waals surface area contributed by atoms with Gasteiger partial charge in [0, 0.05) is 6.42 Å². The van der Waals surface area contributed by atoms with E-state index in [1.807, 2.05) is 50.2 Å². The molecule has 6 heteroatoms. The van der Waals surface area contributed by atoms with Gasteiger partial charge in [-0.15, -0.1) is 0 Å². The van der Waals surface area contributed by atoms with Gasteiger partial charge in [0.05, 0.1) is 27.0 Å². The topological polar surface area (TPSA) is 69.2 Å². The molecule has 0 fully saturated rings. The van der Waals surface area contributed by atoms with E-state index in [0.29, 0.717) is 24.5 Å². The fraction of sp³-hybridized carbons (Fsp3) is 0.364. The van der Waals surface area contributed by atoms with Crippen LogP contribution in [0.4, 0.5) is 0 Å². The fourth-order valence-electron chi connectivity index (χ4n) is 2.79. The molecule has 0 atom stereocenters. The second-order valence-corrected chi connectivity index (χ2v) is 6.28. The van der Waals surface area contributed by atoms with Gasteiger partial charge in [0.25, 0.3) is 0 Å². The van der Waals surface area contributed by atoms with E-state index in [4.69, 9.17) is 14.2 Å². The van der Waals surface area contributed by atoms with E-state index >= 15 is 0 Å². The zero-order valence-electron chi connectivity index (χ0n) is 17.0. The Hall–Kier alpha value is -3.02. The van der Waals surface area contributed by atoms with E-state index in [-0.39, 0.29) is 5.91 Å². The van der Waals surface area contributed by atoms with Crippen LogP contribution in [0.2, 0.25) is 0 Å². The summed E-state index contributed by atoms with van der Waals surface area (Å²) < 4.78 is 16.0. The second kappa shape index (κ2) is 11.0. The molecule has 6 nitrogen and oxygen atoms in total. The van der Waals surface area contributed by atoms with Crippen molar-refractivity contribution in [2.24, 2.45) is 5.10 Å². The quantitative estimate of drug-likeness (QED) is 0.498. The summed E-state index contributed by atoms with van der Waals surface area (Å²) in [7, 11) is 3.24. The summed E-state index contributed by atoms with van der Waals surface area (Å²) in [5.74, 6) is 2.05. The number of hydrogen-bond acceptors (Lipinski definition) is 5. The number of benzene rings is 2. The smallest absolute Gasteiger partial charge is 0.240 e. The lowest BCUT2D eigenvalue weighted by molar-refractivity contribution is -0.121. The van der Waals surface area contributed by atoms with Gasteiger partial charge in [0.2, 0.25) is 5.91 Å². The Morgan fingerprint density at radius 3 is 2.61 bits per heavy atom. The molecule has 0 saturated heterocycles. The molecule has 0 aliphatic rings. The van der Waals surface area contributed by atoms with Gasteiger partial charge in [0.15, 0.2) is 11.5 Å². The minimum atomic E-state index is -0.111. The van der Waals surface area contributed by atoms with Crippen LogP contribution in [0.25, 0.3) is 0 Å². The molecule has 2 aromatic carbocycles. The third-order valence-electron chi connectivity index (χ3n) is 4.29. The Labute approximate surface area is 166 Å². The maximum absolute atomic E-state index is 12.0. The molecule has 0 saturated carbocycles. The Kier molecular flexibility index (Phi) is 8.34. The van der Waals surface area contributed by atoms with Crippen LogP contribution in [0, 0.1) is 6.92 Å². The molecule has 0 aromatic heterocycles. The van der Waals surface area contributed by atoms with E-state index in [1.54, 1.807) is 20.4 Å². The Morgan fingerprint density at radius 1 is 1.11 bits per heavy atom. The van der Waals surface area contributed by atoms with Gasteiger partial charge in [0.1, 0.15) is 5.75 Å². The molecule has 0 spiro atoms. The zero-order chi connectivity index (χ0) is 20.4. The molecule has 2 aromatic rings. The molecule has 0 aliphatic heterocycles. The summed E-state index contributed by atoms with van der Waals surface area (Å²) in [4.78, 5) is 12.0. The molecular weight excluding hydrogens is 356 g/mol. The molecule has 0 unspecified atom stereocenters. The normalized spacial score (nSPS) is 10.7. The number of rotatable bonds is 10. The van der Waals surface area contributed by atoms with Crippen LogP contribution >= 0.6 is 0 Å². The Balaban J connectivity index is 1.80. The van der Waals surface area contributed by atoms with Crippen LogP contribution in [0.1, 0.15) is 36.5 Å². The number of ether oxygens (including phenoxy) is 3. The molecule has 0 heterocycles. The van der Waals surface area contributed by atoms with E-state index in [1.165, 1.54) is 11.1 Å². The molecular formula is C22H28N2O4. The first-order valence-corrected chi connectivity index (χ1v) is 9.33. The van der Waals surface area contributed by atoms with Crippen molar-refractivity contribution in [1.82, 2.24) is 5.43 Å². The highest BCUT2D eigenvalue weighted by molar-refractivity contribution is 5.83.